The van der Waals surface area contributed by atoms with E-state index in [1.807, 2.05) is 6.07 Å². The Balaban J connectivity index is 1.68. The van der Waals surface area contributed by atoms with Crippen LogP contribution in [0.1, 0.15) is 27.4 Å². The number of carbonyl (C=O) groups is 1. The Morgan fingerprint density at radius 2 is 1.72 bits per heavy atom. The number of carbonyl (C=O) groups excluding carboxylic acids is 1. The first-order chi connectivity index (χ1) is 15.4. The van der Waals surface area contributed by atoms with Crippen LogP contribution in [0.15, 0.2) is 72.1 Å². The van der Waals surface area contributed by atoms with Gasteiger partial charge in [-0.3, -0.25) is 0 Å². The first-order valence-electron chi connectivity index (χ1n) is 9.44. The quantitative estimate of drug-likeness (QED) is 0.483. The van der Waals surface area contributed by atoms with Crippen LogP contribution in [-0.2, 0) is 0 Å². The number of methoxy groups -OCH3 is 1. The van der Waals surface area contributed by atoms with Crippen LogP contribution in [-0.4, -0.2) is 13.1 Å². The summed E-state index contributed by atoms with van der Waals surface area (Å²) in [6.07, 6.45) is 0. The zero-order valence-corrected chi connectivity index (χ0v) is 16.8. The lowest BCUT2D eigenvalue weighted by Gasteiger charge is -2.27. The van der Waals surface area contributed by atoms with Gasteiger partial charge in [0.25, 0.3) is 0 Å². The van der Waals surface area contributed by atoms with Crippen LogP contribution in [0.4, 0.5) is 8.78 Å². The zero-order chi connectivity index (χ0) is 22.8. The normalized spacial score (nSPS) is 14.8. The molecule has 0 saturated heterocycles. The van der Waals surface area contributed by atoms with Crippen molar-refractivity contribution in [2.45, 2.75) is 5.92 Å². The molecular weight excluding hydrogens is 418 g/mol. The van der Waals surface area contributed by atoms with Gasteiger partial charge in [-0.15, -0.1) is 0 Å². The summed E-state index contributed by atoms with van der Waals surface area (Å²) in [6, 6.07) is 15.9. The van der Waals surface area contributed by atoms with E-state index >= 15 is 0 Å². The van der Waals surface area contributed by atoms with Crippen LogP contribution >= 0.6 is 0 Å². The maximum Gasteiger partial charge on any atom is 0.343 e. The van der Waals surface area contributed by atoms with E-state index < -0.39 is 23.5 Å². The van der Waals surface area contributed by atoms with Crippen molar-refractivity contribution in [2.24, 2.45) is 5.73 Å². The van der Waals surface area contributed by atoms with E-state index in [9.17, 15) is 18.8 Å². The molecule has 3 aromatic rings. The van der Waals surface area contributed by atoms with Crippen molar-refractivity contribution < 1.29 is 27.8 Å². The molecule has 0 bridgehead atoms. The lowest BCUT2D eigenvalue weighted by atomic mass is 9.83. The maximum absolute atomic E-state index is 14.5. The lowest BCUT2D eigenvalue weighted by Crippen LogP contribution is -2.22. The van der Waals surface area contributed by atoms with Gasteiger partial charge in [0.15, 0.2) is 0 Å². The Morgan fingerprint density at radius 3 is 2.38 bits per heavy atom. The van der Waals surface area contributed by atoms with E-state index in [4.69, 9.17) is 19.9 Å². The monoisotopic (exact) mass is 434 g/mol. The summed E-state index contributed by atoms with van der Waals surface area (Å²) in [6.45, 7) is 0. The molecule has 0 aromatic heterocycles. The van der Waals surface area contributed by atoms with Crippen molar-refractivity contribution in [3.63, 3.8) is 0 Å². The number of hydrogen-bond donors (Lipinski definition) is 1. The molecule has 3 aromatic carbocycles. The van der Waals surface area contributed by atoms with Crippen LogP contribution in [0.2, 0.25) is 0 Å². The summed E-state index contributed by atoms with van der Waals surface area (Å²) in [5.41, 5.74) is 6.69. The third-order valence-corrected chi connectivity index (χ3v) is 5.00. The maximum atomic E-state index is 14.5. The smallest absolute Gasteiger partial charge is 0.343 e. The van der Waals surface area contributed by atoms with Gasteiger partial charge < -0.3 is 19.9 Å². The Labute approximate surface area is 182 Å². The molecule has 0 spiro atoms. The summed E-state index contributed by atoms with van der Waals surface area (Å²) in [4.78, 5) is 12.4. The molecule has 0 radical (unpaired) electrons. The Bertz CT molecular complexity index is 1280. The second-order valence-corrected chi connectivity index (χ2v) is 6.91. The van der Waals surface area contributed by atoms with Crippen molar-refractivity contribution in [1.82, 2.24) is 0 Å². The molecular formula is C24H16F2N2O4. The highest BCUT2D eigenvalue weighted by Gasteiger charge is 2.33. The van der Waals surface area contributed by atoms with Crippen molar-refractivity contribution in [2.75, 3.05) is 7.11 Å². The molecule has 4 rings (SSSR count). The highest BCUT2D eigenvalue weighted by Crippen LogP contribution is 2.44. The number of allylic oxidation sites excluding steroid dienone is 1. The Morgan fingerprint density at radius 1 is 1.03 bits per heavy atom. The number of esters is 1. The number of benzene rings is 3. The number of rotatable bonds is 4. The van der Waals surface area contributed by atoms with Gasteiger partial charge in [0.2, 0.25) is 5.88 Å². The summed E-state index contributed by atoms with van der Waals surface area (Å²) in [5, 5.41) is 9.56. The van der Waals surface area contributed by atoms with Gasteiger partial charge in [-0.2, -0.15) is 5.26 Å². The number of hydrogen-bond acceptors (Lipinski definition) is 6. The van der Waals surface area contributed by atoms with E-state index in [1.165, 1.54) is 25.3 Å². The molecule has 0 fully saturated rings. The van der Waals surface area contributed by atoms with E-state index in [0.29, 0.717) is 16.9 Å². The molecule has 0 aliphatic carbocycles. The standard InChI is InChI=1S/C24H16F2N2O4/c1-30-15-5-2-13(3-6-15)24(29)31-16-7-9-18-21(11-16)32-23(28)19(12-27)22(18)17-8-4-14(25)10-20(17)26/h2-11,22H,28H2,1H3/t22-/m0/s1. The first kappa shape index (κ1) is 20.9. The molecule has 0 amide bonds. The highest BCUT2D eigenvalue weighted by molar-refractivity contribution is 5.91. The summed E-state index contributed by atoms with van der Waals surface area (Å²) in [5.74, 6) is -2.34. The zero-order valence-electron chi connectivity index (χ0n) is 16.8. The predicted octanol–water partition coefficient (Wildman–Crippen LogP) is 4.41. The topological polar surface area (TPSA) is 94.6 Å². The number of nitriles is 1. The van der Waals surface area contributed by atoms with E-state index in [0.717, 1.165) is 12.1 Å². The number of halogens is 2. The van der Waals surface area contributed by atoms with Gasteiger partial charge in [-0.25, -0.2) is 13.6 Å². The Hall–Kier alpha value is -4.38. The van der Waals surface area contributed by atoms with Crippen LogP contribution < -0.4 is 19.9 Å². The highest BCUT2D eigenvalue weighted by atomic mass is 19.1. The average Bonchev–Trinajstić information content (AvgIpc) is 2.78. The van der Waals surface area contributed by atoms with Gasteiger partial charge in [0.05, 0.1) is 18.6 Å². The van der Waals surface area contributed by atoms with Crippen molar-refractivity contribution in [1.29, 1.82) is 5.26 Å². The molecule has 6 nitrogen and oxygen atoms in total. The van der Waals surface area contributed by atoms with Crippen LogP contribution in [0.25, 0.3) is 0 Å². The fraction of sp³-hybridized carbons (Fsp3) is 0.0833. The second-order valence-electron chi connectivity index (χ2n) is 6.91. The molecule has 1 aliphatic heterocycles. The summed E-state index contributed by atoms with van der Waals surface area (Å²) >= 11 is 0. The summed E-state index contributed by atoms with van der Waals surface area (Å²) in [7, 11) is 1.52. The largest absolute Gasteiger partial charge is 0.497 e. The second kappa shape index (κ2) is 8.40. The summed E-state index contributed by atoms with van der Waals surface area (Å²) < 4.78 is 43.9. The van der Waals surface area contributed by atoms with E-state index in [2.05, 4.69) is 0 Å². The van der Waals surface area contributed by atoms with Gasteiger partial charge in [0, 0.05) is 23.3 Å². The first-order valence-corrected chi connectivity index (χ1v) is 9.44. The molecule has 8 heteroatoms. The van der Waals surface area contributed by atoms with Gasteiger partial charge in [-0.05, 0) is 36.4 Å². The third-order valence-electron chi connectivity index (χ3n) is 5.00. The number of fused-ring (bicyclic) bond motifs is 1. The SMILES string of the molecule is COc1ccc(C(=O)Oc2ccc3c(c2)OC(N)=C(C#N)[C@H]3c2ccc(F)cc2F)cc1. The molecule has 0 unspecified atom stereocenters. The Kier molecular flexibility index (Phi) is 5.48. The molecule has 1 heterocycles. The minimum Gasteiger partial charge on any atom is -0.497 e. The number of nitrogens with zero attached hydrogens (tertiary/aromatic N) is 1. The van der Waals surface area contributed by atoms with Crippen molar-refractivity contribution >= 4 is 5.97 Å². The number of nitrogens with two attached hydrogens (primary N) is 1. The fourth-order valence-electron chi connectivity index (χ4n) is 3.45. The minimum atomic E-state index is -0.907. The van der Waals surface area contributed by atoms with Gasteiger partial charge in [-0.1, -0.05) is 12.1 Å². The van der Waals surface area contributed by atoms with Gasteiger partial charge in [0.1, 0.15) is 40.5 Å². The van der Waals surface area contributed by atoms with Gasteiger partial charge >= 0.3 is 5.97 Å². The third kappa shape index (κ3) is 3.84. The van der Waals surface area contributed by atoms with Crippen molar-refractivity contribution in [3.8, 4) is 23.3 Å². The minimum absolute atomic E-state index is 0.00835. The van der Waals surface area contributed by atoms with Crippen LogP contribution in [0.5, 0.6) is 17.2 Å². The average molecular weight is 434 g/mol. The molecule has 2 N–H and O–H groups in total. The van der Waals surface area contributed by atoms with Crippen LogP contribution in [0.3, 0.4) is 0 Å². The van der Waals surface area contributed by atoms with Crippen molar-refractivity contribution in [3.05, 3.63) is 100 Å². The molecule has 160 valence electrons. The lowest BCUT2D eigenvalue weighted by molar-refractivity contribution is 0.0734. The van der Waals surface area contributed by atoms with E-state index in [-0.39, 0.29) is 28.5 Å². The fourth-order valence-corrected chi connectivity index (χ4v) is 3.45. The van der Waals surface area contributed by atoms with Crippen LogP contribution in [0, 0.1) is 23.0 Å². The molecule has 1 aliphatic rings. The molecule has 32 heavy (non-hydrogen) atoms. The van der Waals surface area contributed by atoms with E-state index in [1.54, 1.807) is 30.3 Å². The molecule has 1 atom stereocenters. The molecule has 0 saturated carbocycles. The number of ether oxygens (including phenoxy) is 3. The predicted molar refractivity (Wildman–Crippen MR) is 110 cm³/mol.